The number of methoxy groups -OCH3 is 2. The first-order valence-electron chi connectivity index (χ1n) is 16.3. The van der Waals surface area contributed by atoms with E-state index >= 15 is 0 Å². The number of carbonyl (C=O) groups excluding carboxylic acids is 2. The van der Waals surface area contributed by atoms with Gasteiger partial charge in [-0.2, -0.15) is 4.98 Å². The summed E-state index contributed by atoms with van der Waals surface area (Å²) in [6.45, 7) is 1.15. The third-order valence-corrected chi connectivity index (χ3v) is 8.76. The fourth-order valence-electron chi connectivity index (χ4n) is 6.25. The lowest BCUT2D eigenvalue weighted by Crippen LogP contribution is -2.48. The van der Waals surface area contributed by atoms with E-state index in [2.05, 4.69) is 15.6 Å². The smallest absolute Gasteiger partial charge is 0.351 e. The second-order valence-electron chi connectivity index (χ2n) is 11.9. The molecule has 1 aliphatic rings. The van der Waals surface area contributed by atoms with Crippen molar-refractivity contribution < 1.29 is 33.6 Å². The van der Waals surface area contributed by atoms with Gasteiger partial charge in [-0.3, -0.25) is 14.2 Å². The summed E-state index contributed by atoms with van der Waals surface area (Å²) < 4.78 is 25.3. The SMILES string of the molecule is COc1ccc(C(OC[C@H]2O[C@@H](n3ccc(NC(=O)c4ccccc4)nc3=O)C(NC(C)=O)[C@H]2O)(c2ccccc2)c2ccc(OC)cc2)cc1. The molecule has 6 rings (SSSR count). The average molecular weight is 691 g/mol. The average Bonchev–Trinajstić information content (AvgIpc) is 3.46. The Kier molecular flexibility index (Phi) is 10.6. The summed E-state index contributed by atoms with van der Waals surface area (Å²) in [5, 5.41) is 17.0. The first kappa shape index (κ1) is 35.0. The predicted molar refractivity (Wildman–Crippen MR) is 189 cm³/mol. The van der Waals surface area contributed by atoms with Gasteiger partial charge in [0.05, 0.1) is 20.8 Å². The van der Waals surface area contributed by atoms with Gasteiger partial charge in [-0.05, 0) is 59.2 Å². The summed E-state index contributed by atoms with van der Waals surface area (Å²) in [6, 6.07) is 33.6. The van der Waals surface area contributed by atoms with E-state index in [9.17, 15) is 19.5 Å². The zero-order valence-electron chi connectivity index (χ0n) is 28.3. The van der Waals surface area contributed by atoms with Crippen molar-refractivity contribution in [1.29, 1.82) is 0 Å². The lowest BCUT2D eigenvalue weighted by molar-refractivity contribution is -0.121. The van der Waals surface area contributed by atoms with Crippen LogP contribution in [0.25, 0.3) is 0 Å². The molecule has 4 aromatic carbocycles. The van der Waals surface area contributed by atoms with Crippen molar-refractivity contribution in [3.63, 3.8) is 0 Å². The number of aliphatic hydroxyl groups is 1. The highest BCUT2D eigenvalue weighted by atomic mass is 16.6. The van der Waals surface area contributed by atoms with Crippen LogP contribution in [0.5, 0.6) is 11.5 Å². The van der Waals surface area contributed by atoms with Crippen LogP contribution in [-0.2, 0) is 19.9 Å². The predicted octanol–water partition coefficient (Wildman–Crippen LogP) is 4.28. The van der Waals surface area contributed by atoms with Crippen LogP contribution in [0.15, 0.2) is 126 Å². The number of aliphatic hydroxyl groups excluding tert-OH is 1. The third-order valence-electron chi connectivity index (χ3n) is 8.76. The van der Waals surface area contributed by atoms with Crippen LogP contribution in [0.1, 0.15) is 40.2 Å². The van der Waals surface area contributed by atoms with Gasteiger partial charge in [0, 0.05) is 18.7 Å². The topological polar surface area (TPSA) is 150 Å². The molecule has 1 aromatic heterocycles. The Balaban J connectivity index is 1.33. The number of hydrogen-bond donors (Lipinski definition) is 3. The van der Waals surface area contributed by atoms with Gasteiger partial charge in [0.1, 0.15) is 41.2 Å². The number of nitrogens with one attached hydrogen (secondary N) is 2. The lowest BCUT2D eigenvalue weighted by atomic mass is 9.80. The quantitative estimate of drug-likeness (QED) is 0.163. The molecule has 262 valence electrons. The van der Waals surface area contributed by atoms with Crippen molar-refractivity contribution >= 4 is 17.6 Å². The van der Waals surface area contributed by atoms with E-state index in [1.54, 1.807) is 44.6 Å². The normalized spacial score (nSPS) is 18.5. The highest BCUT2D eigenvalue weighted by Crippen LogP contribution is 2.42. The maximum atomic E-state index is 13.3. The van der Waals surface area contributed by atoms with Crippen LogP contribution >= 0.6 is 0 Å². The Morgan fingerprint density at radius 2 is 1.37 bits per heavy atom. The number of amides is 2. The summed E-state index contributed by atoms with van der Waals surface area (Å²) >= 11 is 0. The van der Waals surface area contributed by atoms with Crippen molar-refractivity contribution in [2.45, 2.75) is 37.0 Å². The molecule has 1 fully saturated rings. The van der Waals surface area contributed by atoms with Gasteiger partial charge in [0.2, 0.25) is 5.91 Å². The molecule has 51 heavy (non-hydrogen) atoms. The van der Waals surface area contributed by atoms with E-state index in [-0.39, 0.29) is 12.4 Å². The van der Waals surface area contributed by atoms with Crippen molar-refractivity contribution in [1.82, 2.24) is 14.9 Å². The van der Waals surface area contributed by atoms with Crippen LogP contribution < -0.4 is 25.8 Å². The Bertz CT molecular complexity index is 1960. The second kappa shape index (κ2) is 15.4. The van der Waals surface area contributed by atoms with Gasteiger partial charge in [0.15, 0.2) is 6.23 Å². The Morgan fingerprint density at radius 1 is 0.824 bits per heavy atom. The Labute approximate surface area is 294 Å². The van der Waals surface area contributed by atoms with E-state index in [0.29, 0.717) is 17.1 Å². The second-order valence-corrected chi connectivity index (χ2v) is 11.9. The summed E-state index contributed by atoms with van der Waals surface area (Å²) in [5.74, 6) is 0.492. The molecule has 0 saturated carbocycles. The summed E-state index contributed by atoms with van der Waals surface area (Å²) in [7, 11) is 3.19. The number of aromatic nitrogens is 2. The van der Waals surface area contributed by atoms with Crippen molar-refractivity contribution in [2.24, 2.45) is 0 Å². The van der Waals surface area contributed by atoms with Crippen molar-refractivity contribution in [3.8, 4) is 11.5 Å². The van der Waals surface area contributed by atoms with E-state index in [1.807, 2.05) is 78.9 Å². The van der Waals surface area contributed by atoms with Gasteiger partial charge in [0.25, 0.3) is 5.91 Å². The monoisotopic (exact) mass is 690 g/mol. The molecule has 5 aromatic rings. The molecule has 4 atom stereocenters. The van der Waals surface area contributed by atoms with Crippen LogP contribution in [0.2, 0.25) is 0 Å². The molecular formula is C39H38N4O8. The molecular weight excluding hydrogens is 652 g/mol. The first-order chi connectivity index (χ1) is 24.7. The van der Waals surface area contributed by atoms with Crippen LogP contribution in [-0.4, -0.2) is 65.5 Å². The number of benzene rings is 4. The van der Waals surface area contributed by atoms with E-state index in [1.165, 1.54) is 23.8 Å². The fraction of sp³-hybridized carbons (Fsp3) is 0.231. The standard InChI is InChI=1S/C39H38N4O8/c1-25(44)40-34-35(45)32(51-37(34)43-23-22-33(42-38(43)47)41-36(46)26-10-6-4-7-11-26)24-50-39(27-12-8-5-9-13-27,28-14-18-30(48-2)19-15-28)29-16-20-31(49-3)21-17-29/h4-23,32,34-35,37,45H,24H2,1-3H3,(H,40,44)(H,41,42,46,47)/t32-,34?,35+,37-/m1/s1. The number of anilines is 1. The number of ether oxygens (including phenoxy) is 4. The minimum Gasteiger partial charge on any atom is -0.497 e. The molecule has 3 N–H and O–H groups in total. The number of carbonyl (C=O) groups is 2. The van der Waals surface area contributed by atoms with E-state index in [4.69, 9.17) is 18.9 Å². The van der Waals surface area contributed by atoms with Gasteiger partial charge < -0.3 is 34.7 Å². The fourth-order valence-corrected chi connectivity index (χ4v) is 6.25. The Hall–Kier alpha value is -5.82. The van der Waals surface area contributed by atoms with Crippen LogP contribution in [0.3, 0.4) is 0 Å². The van der Waals surface area contributed by atoms with Gasteiger partial charge in [-0.25, -0.2) is 4.79 Å². The lowest BCUT2D eigenvalue weighted by Gasteiger charge is -2.37. The molecule has 1 aliphatic heterocycles. The molecule has 0 aliphatic carbocycles. The summed E-state index contributed by atoms with van der Waals surface area (Å²) in [6.07, 6.45) is -2.04. The van der Waals surface area contributed by atoms with E-state index < -0.39 is 47.6 Å². The van der Waals surface area contributed by atoms with Crippen molar-refractivity contribution in [3.05, 3.63) is 154 Å². The van der Waals surface area contributed by atoms with Gasteiger partial charge >= 0.3 is 5.69 Å². The zero-order chi connectivity index (χ0) is 36.0. The Morgan fingerprint density at radius 3 is 1.90 bits per heavy atom. The summed E-state index contributed by atoms with van der Waals surface area (Å²) in [5.41, 5.74) is 0.782. The first-order valence-corrected chi connectivity index (χ1v) is 16.3. The molecule has 12 nitrogen and oxygen atoms in total. The van der Waals surface area contributed by atoms with E-state index in [0.717, 1.165) is 16.7 Å². The van der Waals surface area contributed by atoms with Crippen LogP contribution in [0.4, 0.5) is 5.82 Å². The molecule has 0 spiro atoms. The largest absolute Gasteiger partial charge is 0.497 e. The molecule has 2 heterocycles. The minimum atomic E-state index is -1.29. The highest BCUT2D eigenvalue weighted by molar-refractivity contribution is 6.03. The molecule has 1 unspecified atom stereocenters. The maximum Gasteiger partial charge on any atom is 0.351 e. The molecule has 1 saturated heterocycles. The minimum absolute atomic E-state index is 0.0336. The number of nitrogens with zero attached hydrogens (tertiary/aromatic N) is 2. The molecule has 2 amide bonds. The molecule has 0 radical (unpaired) electrons. The number of hydrogen-bond acceptors (Lipinski definition) is 9. The summed E-state index contributed by atoms with van der Waals surface area (Å²) in [4.78, 5) is 42.3. The van der Waals surface area contributed by atoms with Gasteiger partial charge in [-0.15, -0.1) is 0 Å². The zero-order valence-corrected chi connectivity index (χ0v) is 28.3. The molecule has 0 bridgehead atoms. The van der Waals surface area contributed by atoms with Crippen molar-refractivity contribution in [2.75, 3.05) is 26.1 Å². The van der Waals surface area contributed by atoms with Gasteiger partial charge in [-0.1, -0.05) is 72.8 Å². The number of rotatable bonds is 12. The third kappa shape index (κ3) is 7.38. The maximum absolute atomic E-state index is 13.3. The molecule has 12 heteroatoms. The highest BCUT2D eigenvalue weighted by Gasteiger charge is 2.48. The van der Waals surface area contributed by atoms with Crippen LogP contribution in [0, 0.1) is 0 Å².